The molecule has 0 unspecified atom stereocenters. The molecule has 0 atom stereocenters. The maximum Gasteiger partial charge on any atom is 0.128 e. The molecule has 3 aromatic carbocycles. The molecule has 238 valence electrons. The second-order valence-electron chi connectivity index (χ2n) is 15.8. The molecule has 0 radical (unpaired) electrons. The number of nitrogens with zero attached hydrogens (tertiary/aromatic N) is 2. The second kappa shape index (κ2) is 13.5. The number of para-hydroxylation sites is 2. The lowest BCUT2D eigenvalue weighted by molar-refractivity contribution is -0.115. The zero-order valence-electron chi connectivity index (χ0n) is 29.5. The third-order valence-corrected chi connectivity index (χ3v) is 7.19. The predicted octanol–water partition coefficient (Wildman–Crippen LogP) is 10.4. The van der Waals surface area contributed by atoms with Crippen LogP contribution in [0.3, 0.4) is 0 Å². The lowest BCUT2D eigenvalue weighted by Gasteiger charge is -2.27. The molecule has 0 heterocycles. The fourth-order valence-electron chi connectivity index (χ4n) is 4.48. The highest BCUT2D eigenvalue weighted by molar-refractivity contribution is 5.90. The van der Waals surface area contributed by atoms with Crippen LogP contribution < -0.4 is 0 Å². The first kappa shape index (κ1) is 36.5. The summed E-state index contributed by atoms with van der Waals surface area (Å²) in [4.78, 5) is 19.0. The molecule has 0 spiro atoms. The minimum atomic E-state index is -0.217. The number of rotatable bonds is 4. The standard InChI is InChI=1S/C36H48N2O2.C3H6O/c1-33(2,3)25-17-23(31(39)27(19-25)35(7,8)9)21-37-29-15-13-14-16-30(29)38-22-24-18-26(34(4,5)6)20-28(32(24)40)36(10,11)12;1-3(2)4/h13-22,39-40H,1-12H3;1-2H3. The maximum atomic E-state index is 11.2. The Morgan fingerprint density at radius 2 is 0.864 bits per heavy atom. The number of hydrogen-bond acceptors (Lipinski definition) is 5. The second-order valence-corrected chi connectivity index (χ2v) is 15.8. The van der Waals surface area contributed by atoms with Gasteiger partial charge in [-0.05, 0) is 70.9 Å². The number of benzene rings is 3. The van der Waals surface area contributed by atoms with Crippen molar-refractivity contribution in [1.29, 1.82) is 0 Å². The minimum Gasteiger partial charge on any atom is -0.507 e. The summed E-state index contributed by atoms with van der Waals surface area (Å²) < 4.78 is 0. The molecular formula is C39H54N2O3. The van der Waals surface area contributed by atoms with Gasteiger partial charge in [-0.2, -0.15) is 0 Å². The molecule has 0 aliphatic rings. The summed E-state index contributed by atoms with van der Waals surface area (Å²) in [5.41, 5.74) is 6.23. The Kier molecular flexibility index (Phi) is 11.2. The van der Waals surface area contributed by atoms with E-state index in [0.29, 0.717) is 22.5 Å². The lowest BCUT2D eigenvalue weighted by Crippen LogP contribution is -2.17. The summed E-state index contributed by atoms with van der Waals surface area (Å²) in [6.07, 6.45) is 3.45. The molecule has 0 saturated heterocycles. The van der Waals surface area contributed by atoms with Gasteiger partial charge in [0, 0.05) is 34.7 Å². The number of aliphatic imine (C=N–C) groups is 2. The molecule has 3 aromatic rings. The van der Waals surface area contributed by atoms with Crippen molar-refractivity contribution < 1.29 is 15.0 Å². The van der Waals surface area contributed by atoms with Crippen LogP contribution in [0.15, 0.2) is 58.5 Å². The van der Waals surface area contributed by atoms with Gasteiger partial charge in [0.25, 0.3) is 0 Å². The fourth-order valence-corrected chi connectivity index (χ4v) is 4.48. The first-order chi connectivity index (χ1) is 19.9. The van der Waals surface area contributed by atoms with E-state index in [9.17, 15) is 15.0 Å². The smallest absolute Gasteiger partial charge is 0.128 e. The number of ketones is 1. The van der Waals surface area contributed by atoms with Gasteiger partial charge in [0.05, 0.1) is 11.4 Å². The quantitative estimate of drug-likeness (QED) is 0.293. The Labute approximate surface area is 266 Å². The number of phenols is 2. The maximum absolute atomic E-state index is 11.2. The van der Waals surface area contributed by atoms with E-state index in [2.05, 4.69) is 95.2 Å². The van der Waals surface area contributed by atoms with Crippen LogP contribution in [-0.4, -0.2) is 28.4 Å². The highest BCUT2D eigenvalue weighted by Gasteiger charge is 2.26. The van der Waals surface area contributed by atoms with Crippen LogP contribution in [0.5, 0.6) is 11.5 Å². The molecule has 0 fully saturated rings. The molecule has 0 aromatic heterocycles. The minimum absolute atomic E-state index is 0.0754. The summed E-state index contributed by atoms with van der Waals surface area (Å²) in [6.45, 7) is 28.7. The van der Waals surface area contributed by atoms with Crippen molar-refractivity contribution in [3.63, 3.8) is 0 Å². The zero-order valence-corrected chi connectivity index (χ0v) is 29.5. The number of carbonyl (C=O) groups excluding carboxylic acids is 1. The van der Waals surface area contributed by atoms with Crippen molar-refractivity contribution in [1.82, 2.24) is 0 Å². The third kappa shape index (κ3) is 9.90. The van der Waals surface area contributed by atoms with Gasteiger partial charge in [0.2, 0.25) is 0 Å². The molecular weight excluding hydrogens is 544 g/mol. The van der Waals surface area contributed by atoms with Crippen molar-refractivity contribution in [2.75, 3.05) is 0 Å². The van der Waals surface area contributed by atoms with Crippen LogP contribution in [-0.2, 0) is 26.5 Å². The monoisotopic (exact) mass is 598 g/mol. The Bertz CT molecular complexity index is 1420. The molecule has 5 heteroatoms. The largest absolute Gasteiger partial charge is 0.507 e. The summed E-state index contributed by atoms with van der Waals surface area (Å²) in [7, 11) is 0. The van der Waals surface area contributed by atoms with Crippen molar-refractivity contribution in [2.24, 2.45) is 9.98 Å². The molecule has 2 N–H and O–H groups in total. The van der Waals surface area contributed by atoms with Crippen molar-refractivity contribution >= 4 is 29.6 Å². The molecule has 3 rings (SSSR count). The van der Waals surface area contributed by atoms with E-state index in [0.717, 1.165) is 22.3 Å². The lowest BCUT2D eigenvalue weighted by atomic mass is 9.79. The SMILES string of the molecule is CC(C)(C)c1cc(C=Nc2ccccc2N=Cc2cc(C(C)(C)C)cc(C(C)(C)C)c2O)c(O)c(C(C)(C)C)c1.CC(C)=O. The van der Waals surface area contributed by atoms with Gasteiger partial charge >= 0.3 is 0 Å². The van der Waals surface area contributed by atoms with E-state index in [1.54, 1.807) is 12.4 Å². The molecule has 5 nitrogen and oxygen atoms in total. The molecule has 0 saturated carbocycles. The number of Topliss-reactive ketones (excluding diaryl/α,β-unsaturated/α-hetero) is 1. The van der Waals surface area contributed by atoms with Gasteiger partial charge in [-0.3, -0.25) is 9.98 Å². The van der Waals surface area contributed by atoms with Gasteiger partial charge in [-0.25, -0.2) is 0 Å². The molecule has 0 bridgehead atoms. The van der Waals surface area contributed by atoms with E-state index in [4.69, 9.17) is 9.98 Å². The summed E-state index contributed by atoms with van der Waals surface area (Å²) >= 11 is 0. The van der Waals surface area contributed by atoms with Gasteiger partial charge in [-0.15, -0.1) is 0 Å². The Morgan fingerprint density at radius 3 is 1.11 bits per heavy atom. The van der Waals surface area contributed by atoms with Gasteiger partial charge in [-0.1, -0.05) is 107 Å². The van der Waals surface area contributed by atoms with E-state index in [1.807, 2.05) is 36.4 Å². The summed E-state index contributed by atoms with van der Waals surface area (Å²) in [6, 6.07) is 15.9. The number of aromatic hydroxyl groups is 2. The third-order valence-electron chi connectivity index (χ3n) is 7.19. The predicted molar refractivity (Wildman–Crippen MR) is 188 cm³/mol. The van der Waals surface area contributed by atoms with Crippen LogP contribution in [0.2, 0.25) is 0 Å². The zero-order chi connectivity index (χ0) is 33.8. The van der Waals surface area contributed by atoms with Gasteiger partial charge in [0.15, 0.2) is 0 Å². The molecule has 0 amide bonds. The Hall–Kier alpha value is -3.73. The van der Waals surface area contributed by atoms with Gasteiger partial charge < -0.3 is 15.0 Å². The van der Waals surface area contributed by atoms with Crippen LogP contribution in [0, 0.1) is 0 Å². The average molecular weight is 599 g/mol. The van der Waals surface area contributed by atoms with Crippen LogP contribution >= 0.6 is 0 Å². The van der Waals surface area contributed by atoms with Gasteiger partial charge in [0.1, 0.15) is 17.3 Å². The highest BCUT2D eigenvalue weighted by atomic mass is 16.3. The summed E-state index contributed by atoms with van der Waals surface area (Å²) in [5.74, 6) is 0.674. The Morgan fingerprint density at radius 1 is 0.568 bits per heavy atom. The van der Waals surface area contributed by atoms with E-state index in [-0.39, 0.29) is 38.9 Å². The van der Waals surface area contributed by atoms with Crippen molar-refractivity contribution in [3.8, 4) is 11.5 Å². The van der Waals surface area contributed by atoms with Crippen molar-refractivity contribution in [3.05, 3.63) is 81.9 Å². The summed E-state index contributed by atoms with van der Waals surface area (Å²) in [5, 5.41) is 22.4. The Balaban J connectivity index is 0.00000159. The van der Waals surface area contributed by atoms with E-state index in [1.165, 1.54) is 13.8 Å². The number of hydrogen-bond donors (Lipinski definition) is 2. The number of carbonyl (C=O) groups is 1. The highest BCUT2D eigenvalue weighted by Crippen LogP contribution is 2.39. The first-order valence-corrected chi connectivity index (χ1v) is 15.3. The number of phenolic OH excluding ortho intramolecular Hbond substituents is 2. The topological polar surface area (TPSA) is 82.2 Å². The van der Waals surface area contributed by atoms with E-state index >= 15 is 0 Å². The van der Waals surface area contributed by atoms with Crippen molar-refractivity contribution in [2.45, 2.75) is 119 Å². The fraction of sp³-hybridized carbons (Fsp3) is 0.462. The molecule has 44 heavy (non-hydrogen) atoms. The average Bonchev–Trinajstić information content (AvgIpc) is 2.84. The van der Waals surface area contributed by atoms with Crippen LogP contribution in [0.4, 0.5) is 11.4 Å². The first-order valence-electron chi connectivity index (χ1n) is 15.3. The molecule has 0 aliphatic carbocycles. The van der Waals surface area contributed by atoms with Crippen LogP contribution in [0.25, 0.3) is 0 Å². The molecule has 0 aliphatic heterocycles. The van der Waals surface area contributed by atoms with E-state index < -0.39 is 0 Å². The van der Waals surface area contributed by atoms with Crippen LogP contribution in [0.1, 0.15) is 130 Å². The normalized spacial score (nSPS) is 12.9.